The lowest BCUT2D eigenvalue weighted by molar-refractivity contribution is -0.384. The zero-order chi connectivity index (χ0) is 28.4. The van der Waals surface area contributed by atoms with Crippen LogP contribution in [0.5, 0.6) is 0 Å². The van der Waals surface area contributed by atoms with Crippen molar-refractivity contribution in [1.82, 2.24) is 14.7 Å². The Bertz CT molecular complexity index is 1750. The van der Waals surface area contributed by atoms with Gasteiger partial charge in [0.05, 0.1) is 16.7 Å². The molecule has 3 aromatic carbocycles. The third-order valence-corrected chi connectivity index (χ3v) is 6.84. The maximum Gasteiger partial charge on any atom is 0.272 e. The van der Waals surface area contributed by atoms with E-state index in [9.17, 15) is 25.0 Å². The minimum atomic E-state index is -0.655. The first kappa shape index (κ1) is 26.0. The van der Waals surface area contributed by atoms with Crippen molar-refractivity contribution in [2.24, 2.45) is 0 Å². The molecule has 1 unspecified atom stereocenters. The minimum absolute atomic E-state index is 0.101. The first-order chi connectivity index (χ1) is 19.3. The number of carbonyl (C=O) groups is 2. The van der Waals surface area contributed by atoms with Crippen molar-refractivity contribution in [3.63, 3.8) is 0 Å². The van der Waals surface area contributed by atoms with Crippen LogP contribution in [0.1, 0.15) is 31.0 Å². The number of para-hydroxylation sites is 1. The Hall–Kier alpha value is -5.62. The zero-order valence-corrected chi connectivity index (χ0v) is 21.7. The predicted molar refractivity (Wildman–Crippen MR) is 149 cm³/mol. The number of carbonyl (C=O) groups excluding carboxylic acids is 2. The molecule has 2 amide bonds. The van der Waals surface area contributed by atoms with E-state index in [0.717, 1.165) is 16.2 Å². The SMILES string of the molecule is CC1=C(C#N)C(=O)N(C(C)c2ccccc2)C(=O)/C1=C/c1cn(-c2ccccc2)nc1-c1cccc([N+](=O)[O-])c1. The van der Waals surface area contributed by atoms with E-state index in [1.54, 1.807) is 42.9 Å². The van der Waals surface area contributed by atoms with Crippen LogP contribution in [0.15, 0.2) is 108 Å². The standard InChI is InChI=1S/C31H23N5O4/c1-20-27(30(37)35(31(38)28(20)18-32)21(2)22-10-5-3-6-11-22)17-24-19-34(25-13-7-4-8-14-25)33-29(24)23-12-9-15-26(16-23)36(39)40/h3-17,19,21H,1-2H3/b27-17+. The summed E-state index contributed by atoms with van der Waals surface area (Å²) >= 11 is 0. The Morgan fingerprint density at radius 3 is 2.30 bits per heavy atom. The second kappa shape index (κ2) is 10.6. The molecular weight excluding hydrogens is 506 g/mol. The summed E-state index contributed by atoms with van der Waals surface area (Å²) in [6.45, 7) is 3.31. The molecule has 196 valence electrons. The molecule has 0 saturated heterocycles. The lowest BCUT2D eigenvalue weighted by Crippen LogP contribution is -2.44. The largest absolute Gasteiger partial charge is 0.272 e. The molecule has 0 bridgehead atoms. The van der Waals surface area contributed by atoms with Gasteiger partial charge in [0.25, 0.3) is 17.5 Å². The highest BCUT2D eigenvalue weighted by atomic mass is 16.6. The van der Waals surface area contributed by atoms with Crippen LogP contribution < -0.4 is 0 Å². The van der Waals surface area contributed by atoms with Gasteiger partial charge in [0, 0.05) is 35.0 Å². The molecule has 0 fully saturated rings. The molecular formula is C31H23N5O4. The molecule has 5 rings (SSSR count). The van der Waals surface area contributed by atoms with Crippen LogP contribution in [-0.2, 0) is 9.59 Å². The minimum Gasteiger partial charge on any atom is -0.269 e. The second-order valence-electron chi connectivity index (χ2n) is 9.26. The number of benzene rings is 3. The fourth-order valence-electron chi connectivity index (χ4n) is 4.68. The average Bonchev–Trinajstić information content (AvgIpc) is 3.40. The third-order valence-electron chi connectivity index (χ3n) is 6.84. The Balaban J connectivity index is 1.69. The number of hydrogen-bond donors (Lipinski definition) is 0. The Morgan fingerprint density at radius 1 is 0.975 bits per heavy atom. The molecule has 1 atom stereocenters. The number of nitriles is 1. The highest BCUT2D eigenvalue weighted by Crippen LogP contribution is 2.35. The van der Waals surface area contributed by atoms with Crippen molar-refractivity contribution in [2.75, 3.05) is 0 Å². The molecule has 40 heavy (non-hydrogen) atoms. The number of nitro benzene ring substituents is 1. The molecule has 9 heteroatoms. The van der Waals surface area contributed by atoms with Gasteiger partial charge in [0.1, 0.15) is 17.3 Å². The van der Waals surface area contributed by atoms with Gasteiger partial charge in [-0.05, 0) is 43.2 Å². The summed E-state index contributed by atoms with van der Waals surface area (Å²) < 4.78 is 1.62. The van der Waals surface area contributed by atoms with Gasteiger partial charge >= 0.3 is 0 Å². The molecule has 1 aliphatic heterocycles. The van der Waals surface area contributed by atoms with Gasteiger partial charge < -0.3 is 0 Å². The summed E-state index contributed by atoms with van der Waals surface area (Å²) in [5.41, 5.74) is 3.06. The Morgan fingerprint density at radius 2 is 1.65 bits per heavy atom. The molecule has 0 aliphatic carbocycles. The van der Waals surface area contributed by atoms with E-state index in [1.807, 2.05) is 66.7 Å². The van der Waals surface area contributed by atoms with E-state index < -0.39 is 22.8 Å². The lowest BCUT2D eigenvalue weighted by Gasteiger charge is -2.32. The van der Waals surface area contributed by atoms with Crippen LogP contribution in [0.25, 0.3) is 23.0 Å². The van der Waals surface area contributed by atoms with Gasteiger partial charge in [0.15, 0.2) is 0 Å². The molecule has 0 N–H and O–H groups in total. The van der Waals surface area contributed by atoms with Crippen molar-refractivity contribution in [2.45, 2.75) is 19.9 Å². The highest BCUT2D eigenvalue weighted by molar-refractivity contribution is 6.20. The maximum absolute atomic E-state index is 13.9. The van der Waals surface area contributed by atoms with Crippen molar-refractivity contribution < 1.29 is 14.5 Å². The number of rotatable bonds is 6. The van der Waals surface area contributed by atoms with E-state index in [4.69, 9.17) is 5.10 Å². The topological polar surface area (TPSA) is 122 Å². The van der Waals surface area contributed by atoms with Crippen LogP contribution in [0.4, 0.5) is 5.69 Å². The van der Waals surface area contributed by atoms with Gasteiger partial charge in [-0.3, -0.25) is 24.6 Å². The van der Waals surface area contributed by atoms with E-state index in [1.165, 1.54) is 12.1 Å². The third kappa shape index (κ3) is 4.70. The monoisotopic (exact) mass is 529 g/mol. The van der Waals surface area contributed by atoms with Gasteiger partial charge in [0.2, 0.25) is 0 Å². The number of amides is 2. The Labute approximate surface area is 230 Å². The van der Waals surface area contributed by atoms with E-state index >= 15 is 0 Å². The molecule has 0 spiro atoms. The van der Waals surface area contributed by atoms with Gasteiger partial charge in [-0.1, -0.05) is 60.7 Å². The molecule has 0 radical (unpaired) electrons. The average molecular weight is 530 g/mol. The van der Waals surface area contributed by atoms with Gasteiger partial charge in [-0.15, -0.1) is 0 Å². The molecule has 0 saturated carbocycles. The smallest absolute Gasteiger partial charge is 0.269 e. The summed E-state index contributed by atoms with van der Waals surface area (Å²) in [4.78, 5) is 39.2. The summed E-state index contributed by atoms with van der Waals surface area (Å²) in [5.74, 6) is -1.20. The lowest BCUT2D eigenvalue weighted by atomic mass is 9.91. The maximum atomic E-state index is 13.9. The van der Waals surface area contributed by atoms with Gasteiger partial charge in [-0.2, -0.15) is 10.4 Å². The van der Waals surface area contributed by atoms with E-state index in [2.05, 4.69) is 0 Å². The first-order valence-corrected chi connectivity index (χ1v) is 12.5. The van der Waals surface area contributed by atoms with Crippen LogP contribution in [-0.4, -0.2) is 31.4 Å². The van der Waals surface area contributed by atoms with Crippen LogP contribution >= 0.6 is 0 Å². The summed E-state index contributed by atoms with van der Waals surface area (Å²) in [5, 5.41) is 26.0. The van der Waals surface area contributed by atoms with Crippen LogP contribution in [0.3, 0.4) is 0 Å². The molecule has 1 aromatic heterocycles. The fourth-order valence-corrected chi connectivity index (χ4v) is 4.68. The van der Waals surface area contributed by atoms with Crippen molar-refractivity contribution in [3.05, 3.63) is 129 Å². The highest BCUT2D eigenvalue weighted by Gasteiger charge is 2.39. The fraction of sp³-hybridized carbons (Fsp3) is 0.0968. The van der Waals surface area contributed by atoms with E-state index in [0.29, 0.717) is 16.8 Å². The number of aromatic nitrogens is 2. The number of hydrogen-bond acceptors (Lipinski definition) is 6. The number of nitro groups is 1. The van der Waals surface area contributed by atoms with Crippen LogP contribution in [0.2, 0.25) is 0 Å². The van der Waals surface area contributed by atoms with Crippen LogP contribution in [0, 0.1) is 21.4 Å². The summed E-state index contributed by atoms with van der Waals surface area (Å²) in [6, 6.07) is 25.8. The number of imide groups is 1. The van der Waals surface area contributed by atoms with Crippen molar-refractivity contribution >= 4 is 23.6 Å². The first-order valence-electron chi connectivity index (χ1n) is 12.5. The predicted octanol–water partition coefficient (Wildman–Crippen LogP) is 5.80. The second-order valence-corrected chi connectivity index (χ2v) is 9.26. The number of nitrogens with zero attached hydrogens (tertiary/aromatic N) is 5. The van der Waals surface area contributed by atoms with Crippen molar-refractivity contribution in [3.8, 4) is 23.0 Å². The van der Waals surface area contributed by atoms with E-state index in [-0.39, 0.29) is 22.4 Å². The normalized spacial score (nSPS) is 15.3. The molecule has 2 heterocycles. The van der Waals surface area contributed by atoms with Gasteiger partial charge in [-0.25, -0.2) is 4.68 Å². The summed E-state index contributed by atoms with van der Waals surface area (Å²) in [6.07, 6.45) is 3.30. The molecule has 4 aromatic rings. The molecule has 9 nitrogen and oxygen atoms in total. The zero-order valence-electron chi connectivity index (χ0n) is 21.7. The number of non-ortho nitro benzene ring substituents is 1. The quantitative estimate of drug-likeness (QED) is 0.135. The summed E-state index contributed by atoms with van der Waals surface area (Å²) in [7, 11) is 0. The molecule has 1 aliphatic rings. The van der Waals surface area contributed by atoms with Crippen molar-refractivity contribution in [1.29, 1.82) is 5.26 Å². The Kier molecular flexibility index (Phi) is 6.91.